The SMILES string of the molecule is CCOc1cc(CN(CC)CC(=O)N(C)C)cc(Br)c1O. The number of carbonyl (C=O) groups is 1. The van der Waals surface area contributed by atoms with E-state index in [0.717, 1.165) is 12.1 Å². The van der Waals surface area contributed by atoms with Crippen LogP contribution in [-0.2, 0) is 11.3 Å². The van der Waals surface area contributed by atoms with Crippen molar-refractivity contribution >= 4 is 21.8 Å². The minimum atomic E-state index is 0.0692. The van der Waals surface area contributed by atoms with Crippen LogP contribution in [0.3, 0.4) is 0 Å². The number of hydrogen-bond donors (Lipinski definition) is 1. The molecule has 0 aliphatic rings. The molecule has 1 amide bonds. The second-order valence-corrected chi connectivity index (χ2v) is 5.80. The first kappa shape index (κ1) is 17.8. The quantitative estimate of drug-likeness (QED) is 0.813. The molecule has 21 heavy (non-hydrogen) atoms. The van der Waals surface area contributed by atoms with Crippen molar-refractivity contribution in [2.75, 3.05) is 33.8 Å². The van der Waals surface area contributed by atoms with Crippen LogP contribution in [0.25, 0.3) is 0 Å². The molecule has 0 saturated carbocycles. The van der Waals surface area contributed by atoms with Gasteiger partial charge in [0.2, 0.25) is 5.91 Å². The van der Waals surface area contributed by atoms with Crippen molar-refractivity contribution in [1.29, 1.82) is 0 Å². The molecule has 1 aromatic carbocycles. The Labute approximate surface area is 134 Å². The molecule has 6 heteroatoms. The summed E-state index contributed by atoms with van der Waals surface area (Å²) < 4.78 is 6.01. The van der Waals surface area contributed by atoms with Crippen LogP contribution in [-0.4, -0.2) is 54.6 Å². The van der Waals surface area contributed by atoms with Gasteiger partial charge in [-0.15, -0.1) is 0 Å². The highest BCUT2D eigenvalue weighted by atomic mass is 79.9. The fourth-order valence-corrected chi connectivity index (χ4v) is 2.34. The van der Waals surface area contributed by atoms with E-state index in [0.29, 0.717) is 29.9 Å². The Morgan fingerprint density at radius 1 is 1.33 bits per heavy atom. The number of benzene rings is 1. The number of carbonyl (C=O) groups excluding carboxylic acids is 1. The number of nitrogens with zero attached hydrogens (tertiary/aromatic N) is 2. The smallest absolute Gasteiger partial charge is 0.236 e. The minimum Gasteiger partial charge on any atom is -0.503 e. The number of ether oxygens (including phenoxy) is 1. The third-order valence-electron chi connectivity index (χ3n) is 3.10. The fourth-order valence-electron chi connectivity index (χ4n) is 1.85. The van der Waals surface area contributed by atoms with Gasteiger partial charge < -0.3 is 14.7 Å². The molecule has 0 aliphatic carbocycles. The number of aromatic hydroxyl groups is 1. The molecule has 0 saturated heterocycles. The highest BCUT2D eigenvalue weighted by Crippen LogP contribution is 2.35. The number of rotatable bonds is 7. The van der Waals surface area contributed by atoms with E-state index < -0.39 is 0 Å². The zero-order valence-electron chi connectivity index (χ0n) is 13.0. The van der Waals surface area contributed by atoms with E-state index in [9.17, 15) is 9.90 Å². The van der Waals surface area contributed by atoms with Gasteiger partial charge in [0.25, 0.3) is 0 Å². The number of hydrogen-bond acceptors (Lipinski definition) is 4. The minimum absolute atomic E-state index is 0.0692. The number of likely N-dealkylation sites (N-methyl/N-ethyl adjacent to an activating group) is 2. The lowest BCUT2D eigenvalue weighted by Gasteiger charge is -2.22. The summed E-state index contributed by atoms with van der Waals surface area (Å²) in [4.78, 5) is 15.4. The zero-order valence-corrected chi connectivity index (χ0v) is 14.6. The summed E-state index contributed by atoms with van der Waals surface area (Å²) in [7, 11) is 3.50. The summed E-state index contributed by atoms with van der Waals surface area (Å²) in [6.07, 6.45) is 0. The van der Waals surface area contributed by atoms with Crippen LogP contribution < -0.4 is 4.74 Å². The van der Waals surface area contributed by atoms with E-state index in [1.807, 2.05) is 30.9 Å². The molecular formula is C15H23BrN2O3. The summed E-state index contributed by atoms with van der Waals surface area (Å²) in [5.74, 6) is 0.629. The van der Waals surface area contributed by atoms with Crippen molar-refractivity contribution in [1.82, 2.24) is 9.80 Å². The number of amides is 1. The Balaban J connectivity index is 2.87. The number of phenols is 1. The second-order valence-electron chi connectivity index (χ2n) is 4.95. The first-order valence-corrected chi connectivity index (χ1v) is 7.75. The highest BCUT2D eigenvalue weighted by molar-refractivity contribution is 9.10. The molecule has 0 bridgehead atoms. The van der Waals surface area contributed by atoms with Crippen LogP contribution in [0, 0.1) is 0 Å². The summed E-state index contributed by atoms with van der Waals surface area (Å²) in [5.41, 5.74) is 0.983. The molecule has 0 atom stereocenters. The van der Waals surface area contributed by atoms with Gasteiger partial charge in [-0.25, -0.2) is 0 Å². The first-order chi connectivity index (χ1) is 9.88. The van der Waals surface area contributed by atoms with Gasteiger partial charge in [0, 0.05) is 20.6 Å². The molecule has 1 N–H and O–H groups in total. The summed E-state index contributed by atoms with van der Waals surface area (Å²) in [6, 6.07) is 3.66. The molecule has 0 aliphatic heterocycles. The van der Waals surface area contributed by atoms with E-state index in [1.165, 1.54) is 0 Å². The van der Waals surface area contributed by atoms with Crippen molar-refractivity contribution in [3.63, 3.8) is 0 Å². The monoisotopic (exact) mass is 358 g/mol. The predicted molar refractivity (Wildman–Crippen MR) is 86.6 cm³/mol. The molecule has 0 unspecified atom stereocenters. The maximum atomic E-state index is 11.8. The Morgan fingerprint density at radius 3 is 2.52 bits per heavy atom. The Bertz CT molecular complexity index is 492. The van der Waals surface area contributed by atoms with Gasteiger partial charge in [0.15, 0.2) is 11.5 Å². The van der Waals surface area contributed by atoms with Gasteiger partial charge >= 0.3 is 0 Å². The second kappa shape index (κ2) is 8.24. The van der Waals surface area contributed by atoms with Crippen LogP contribution in [0.1, 0.15) is 19.4 Å². The Kier molecular flexibility index (Phi) is 6.98. The Hall–Kier alpha value is -1.27. The predicted octanol–water partition coefficient (Wildman–Crippen LogP) is 2.46. The molecule has 0 heterocycles. The van der Waals surface area contributed by atoms with E-state index in [2.05, 4.69) is 15.9 Å². The lowest BCUT2D eigenvalue weighted by molar-refractivity contribution is -0.130. The normalized spacial score (nSPS) is 10.8. The average molecular weight is 359 g/mol. The average Bonchev–Trinajstić information content (AvgIpc) is 2.43. The maximum Gasteiger partial charge on any atom is 0.236 e. The van der Waals surface area contributed by atoms with Crippen LogP contribution in [0.4, 0.5) is 0 Å². The molecule has 0 spiro atoms. The molecule has 0 fully saturated rings. The maximum absolute atomic E-state index is 11.8. The van der Waals surface area contributed by atoms with Gasteiger partial charge in [-0.3, -0.25) is 9.69 Å². The van der Waals surface area contributed by atoms with Crippen molar-refractivity contribution in [2.24, 2.45) is 0 Å². The summed E-state index contributed by atoms with van der Waals surface area (Å²) >= 11 is 3.33. The van der Waals surface area contributed by atoms with Crippen molar-refractivity contribution < 1.29 is 14.6 Å². The summed E-state index contributed by atoms with van der Waals surface area (Å²) in [6.45, 7) is 6.12. The standard InChI is InChI=1S/C15H23BrN2O3/c1-5-18(10-14(19)17(3)4)9-11-7-12(16)15(20)13(8-11)21-6-2/h7-8,20H,5-6,9-10H2,1-4H3. The van der Waals surface area contributed by atoms with Crippen LogP contribution in [0.15, 0.2) is 16.6 Å². The first-order valence-electron chi connectivity index (χ1n) is 6.95. The summed E-state index contributed by atoms with van der Waals surface area (Å²) in [5, 5.41) is 9.92. The van der Waals surface area contributed by atoms with Crippen LogP contribution in [0.5, 0.6) is 11.5 Å². The molecule has 1 rings (SSSR count). The van der Waals surface area contributed by atoms with Crippen molar-refractivity contribution in [2.45, 2.75) is 20.4 Å². The lowest BCUT2D eigenvalue weighted by atomic mass is 10.2. The van der Waals surface area contributed by atoms with E-state index >= 15 is 0 Å². The third-order valence-corrected chi connectivity index (χ3v) is 3.70. The number of halogens is 1. The van der Waals surface area contributed by atoms with E-state index in [4.69, 9.17) is 4.74 Å². The largest absolute Gasteiger partial charge is 0.503 e. The zero-order chi connectivity index (χ0) is 16.0. The lowest BCUT2D eigenvalue weighted by Crippen LogP contribution is -2.36. The molecule has 0 radical (unpaired) electrons. The fraction of sp³-hybridized carbons (Fsp3) is 0.533. The van der Waals surface area contributed by atoms with E-state index in [-0.39, 0.29) is 11.7 Å². The van der Waals surface area contributed by atoms with Crippen molar-refractivity contribution in [3.05, 3.63) is 22.2 Å². The van der Waals surface area contributed by atoms with Gasteiger partial charge in [-0.05, 0) is 47.1 Å². The van der Waals surface area contributed by atoms with Gasteiger partial charge in [0.05, 0.1) is 17.6 Å². The highest BCUT2D eigenvalue weighted by Gasteiger charge is 2.14. The molecule has 118 valence electrons. The van der Waals surface area contributed by atoms with Gasteiger partial charge in [0.1, 0.15) is 0 Å². The topological polar surface area (TPSA) is 53.0 Å². The van der Waals surface area contributed by atoms with Crippen LogP contribution in [0.2, 0.25) is 0 Å². The molecule has 5 nitrogen and oxygen atoms in total. The third kappa shape index (κ3) is 5.21. The molecular weight excluding hydrogens is 336 g/mol. The van der Waals surface area contributed by atoms with Gasteiger partial charge in [-0.1, -0.05) is 6.92 Å². The van der Waals surface area contributed by atoms with Crippen LogP contribution >= 0.6 is 15.9 Å². The molecule has 1 aromatic rings. The number of phenolic OH excluding ortho intramolecular Hbond substituents is 1. The van der Waals surface area contributed by atoms with E-state index in [1.54, 1.807) is 19.0 Å². The Morgan fingerprint density at radius 2 is 2.00 bits per heavy atom. The van der Waals surface area contributed by atoms with Gasteiger partial charge in [-0.2, -0.15) is 0 Å². The van der Waals surface area contributed by atoms with Crippen molar-refractivity contribution in [3.8, 4) is 11.5 Å². The molecule has 0 aromatic heterocycles.